The van der Waals surface area contributed by atoms with Gasteiger partial charge in [0.1, 0.15) is 11.3 Å². The van der Waals surface area contributed by atoms with Crippen molar-refractivity contribution in [2.45, 2.75) is 65.6 Å². The Bertz CT molecular complexity index is 1140. The van der Waals surface area contributed by atoms with Crippen molar-refractivity contribution < 1.29 is 41.7 Å². The number of nitrogens with zero attached hydrogens (tertiary/aromatic N) is 2. The zero-order valence-corrected chi connectivity index (χ0v) is 24.8. The summed E-state index contributed by atoms with van der Waals surface area (Å²) < 4.78 is 62.1. The fourth-order valence-electron chi connectivity index (χ4n) is 4.80. The van der Waals surface area contributed by atoms with Gasteiger partial charge in [-0.2, -0.15) is 13.2 Å². The molecular weight excluding hydrogens is 541 g/mol. The van der Waals surface area contributed by atoms with Crippen LogP contribution in [0.4, 0.5) is 18.9 Å². The van der Waals surface area contributed by atoms with Crippen LogP contribution in [0.2, 0.25) is 0 Å². The summed E-state index contributed by atoms with van der Waals surface area (Å²) >= 11 is 0. The molecule has 1 fully saturated rings. The Kier molecular flexibility index (Phi) is 13.0. The number of rotatable bonds is 10. The Morgan fingerprint density at radius 2 is 1.63 bits per heavy atom. The van der Waals surface area contributed by atoms with Crippen LogP contribution in [0.1, 0.15) is 67.9 Å². The number of ether oxygens (including phenoxy) is 4. The highest BCUT2D eigenvalue weighted by Gasteiger charge is 2.37. The molecule has 0 atom stereocenters. The zero-order valence-electron chi connectivity index (χ0n) is 24.8. The monoisotopic (exact) mass is 582 g/mol. The number of hydrogen-bond acceptors (Lipinski definition) is 7. The van der Waals surface area contributed by atoms with Crippen molar-refractivity contribution in [1.29, 1.82) is 0 Å². The number of methoxy groups -OCH3 is 3. The van der Waals surface area contributed by atoms with Gasteiger partial charge in [0.25, 0.3) is 0 Å². The number of benzene rings is 1. The highest BCUT2D eigenvalue weighted by Crippen LogP contribution is 2.39. The maximum atomic E-state index is 13.9. The van der Waals surface area contributed by atoms with E-state index in [9.17, 15) is 22.8 Å². The smallest absolute Gasteiger partial charge is 0.421 e. The topological polar surface area (TPSA) is 87.2 Å². The lowest BCUT2D eigenvalue weighted by Crippen LogP contribution is -2.49. The van der Waals surface area contributed by atoms with Gasteiger partial charge in [0.15, 0.2) is 0 Å². The molecule has 1 aliphatic carbocycles. The molecule has 8 nitrogen and oxygen atoms in total. The number of carbonyl (C=O) groups excluding carboxylic acids is 2. The number of aryl methyl sites for hydroxylation is 1. The molecule has 1 aromatic carbocycles. The molecule has 228 valence electrons. The standard InChI is InChI=1S/C28H35F3N2O6.C2H6/c1-17-6-8-19(9-7-17)26(34)33(20(15-36-3)16-37-4)24-11-10-21(13-22(24)27(35)38-5)39-25-23(28(29,30)31)12-18(2)14-32-25;1-2/h10-14,17,19-20H,6-9,15-16H2,1-5H3;1-2H3. The Morgan fingerprint density at radius 1 is 1.02 bits per heavy atom. The fraction of sp³-hybridized carbons (Fsp3) is 0.567. The van der Waals surface area contributed by atoms with Crippen molar-refractivity contribution >= 4 is 17.6 Å². The second-order valence-electron chi connectivity index (χ2n) is 9.87. The molecule has 41 heavy (non-hydrogen) atoms. The molecule has 11 heteroatoms. The first-order valence-electron chi connectivity index (χ1n) is 13.7. The number of aromatic nitrogens is 1. The van der Waals surface area contributed by atoms with Crippen molar-refractivity contribution in [2.75, 3.05) is 39.4 Å². The first-order chi connectivity index (χ1) is 19.5. The van der Waals surface area contributed by atoms with Gasteiger partial charge in [-0.05, 0) is 68.4 Å². The molecule has 2 aromatic rings. The lowest BCUT2D eigenvalue weighted by Gasteiger charge is -2.36. The lowest BCUT2D eigenvalue weighted by molar-refractivity contribution is -0.139. The number of hydrogen-bond donors (Lipinski definition) is 0. The first kappa shape index (κ1) is 34.0. The Labute approximate surface area is 240 Å². The second kappa shape index (κ2) is 15.7. The third-order valence-corrected chi connectivity index (χ3v) is 6.83. The van der Waals surface area contributed by atoms with Gasteiger partial charge in [0.2, 0.25) is 11.8 Å². The Morgan fingerprint density at radius 3 is 2.17 bits per heavy atom. The molecule has 0 bridgehead atoms. The molecule has 0 unspecified atom stereocenters. The minimum Gasteiger partial charge on any atom is -0.465 e. The van der Waals surface area contributed by atoms with Crippen molar-refractivity contribution in [3.63, 3.8) is 0 Å². The molecule has 1 amide bonds. The normalized spacial score (nSPS) is 17.0. The number of anilines is 1. The summed E-state index contributed by atoms with van der Waals surface area (Å²) in [6.45, 7) is 7.90. The number of alkyl halides is 3. The van der Waals surface area contributed by atoms with Gasteiger partial charge in [-0.15, -0.1) is 0 Å². The van der Waals surface area contributed by atoms with E-state index in [1.807, 2.05) is 13.8 Å². The van der Waals surface area contributed by atoms with E-state index in [1.165, 1.54) is 57.5 Å². The largest absolute Gasteiger partial charge is 0.465 e. The molecule has 3 rings (SSSR count). The number of halogens is 3. The molecule has 0 N–H and O–H groups in total. The van der Waals surface area contributed by atoms with E-state index in [0.29, 0.717) is 24.3 Å². The third kappa shape index (κ3) is 8.90. The predicted molar refractivity (Wildman–Crippen MR) is 149 cm³/mol. The number of carbonyl (C=O) groups is 2. The zero-order chi connectivity index (χ0) is 30.7. The number of pyridine rings is 1. The second-order valence-corrected chi connectivity index (χ2v) is 9.87. The van der Waals surface area contributed by atoms with Crippen molar-refractivity contribution in [3.05, 3.63) is 47.2 Å². The summed E-state index contributed by atoms with van der Waals surface area (Å²) in [6, 6.07) is 4.47. The number of esters is 1. The maximum absolute atomic E-state index is 13.9. The summed E-state index contributed by atoms with van der Waals surface area (Å²) in [5.74, 6) is -1.43. The molecule has 0 radical (unpaired) electrons. The lowest BCUT2D eigenvalue weighted by atomic mass is 9.82. The molecule has 0 saturated heterocycles. The van der Waals surface area contributed by atoms with Crippen LogP contribution in [0.15, 0.2) is 30.5 Å². The van der Waals surface area contributed by atoms with E-state index in [1.54, 1.807) is 0 Å². The highest BCUT2D eigenvalue weighted by molar-refractivity contribution is 6.04. The van der Waals surface area contributed by atoms with Gasteiger partial charge in [0.05, 0.1) is 37.6 Å². The van der Waals surface area contributed by atoms with Crippen LogP contribution in [0.3, 0.4) is 0 Å². The van der Waals surface area contributed by atoms with E-state index in [0.717, 1.165) is 18.9 Å². The molecule has 1 heterocycles. The van der Waals surface area contributed by atoms with Crippen LogP contribution in [0.25, 0.3) is 0 Å². The first-order valence-corrected chi connectivity index (χ1v) is 13.7. The minimum atomic E-state index is -4.70. The van der Waals surface area contributed by atoms with Gasteiger partial charge in [-0.3, -0.25) is 4.79 Å². The Hall–Kier alpha value is -3.18. The van der Waals surface area contributed by atoms with Crippen LogP contribution >= 0.6 is 0 Å². The molecule has 0 spiro atoms. The van der Waals surface area contributed by atoms with Crippen LogP contribution < -0.4 is 9.64 Å². The fourth-order valence-corrected chi connectivity index (χ4v) is 4.80. The summed E-state index contributed by atoms with van der Waals surface area (Å²) in [7, 11) is 4.18. The van der Waals surface area contributed by atoms with Crippen LogP contribution in [0, 0.1) is 18.8 Å². The van der Waals surface area contributed by atoms with Crippen molar-refractivity contribution in [3.8, 4) is 11.6 Å². The summed E-state index contributed by atoms with van der Waals surface area (Å²) in [5, 5.41) is 0. The van der Waals surface area contributed by atoms with Crippen molar-refractivity contribution in [1.82, 2.24) is 4.98 Å². The maximum Gasteiger partial charge on any atom is 0.421 e. The van der Waals surface area contributed by atoms with Crippen LogP contribution in [0.5, 0.6) is 11.6 Å². The van der Waals surface area contributed by atoms with E-state index in [-0.39, 0.29) is 42.0 Å². The van der Waals surface area contributed by atoms with E-state index in [4.69, 9.17) is 18.9 Å². The van der Waals surface area contributed by atoms with Gasteiger partial charge in [-0.1, -0.05) is 20.8 Å². The minimum absolute atomic E-state index is 0.0506. The quantitative estimate of drug-likeness (QED) is 0.284. The van der Waals surface area contributed by atoms with Gasteiger partial charge in [0, 0.05) is 26.3 Å². The number of amides is 1. The molecule has 1 saturated carbocycles. The molecule has 1 aromatic heterocycles. The van der Waals surface area contributed by atoms with E-state index >= 15 is 0 Å². The summed E-state index contributed by atoms with van der Waals surface area (Å²) in [6.07, 6.45) is -0.218. The molecular formula is C30H41F3N2O6. The Balaban J connectivity index is 0.00000287. The summed E-state index contributed by atoms with van der Waals surface area (Å²) in [5.41, 5.74) is -0.557. The van der Waals surface area contributed by atoms with Gasteiger partial charge < -0.3 is 23.8 Å². The van der Waals surface area contributed by atoms with Crippen LogP contribution in [-0.2, 0) is 25.2 Å². The predicted octanol–water partition coefficient (Wildman–Crippen LogP) is 6.83. The van der Waals surface area contributed by atoms with E-state index < -0.39 is 29.6 Å². The molecule has 0 aliphatic heterocycles. The van der Waals surface area contributed by atoms with Gasteiger partial charge >= 0.3 is 12.1 Å². The summed E-state index contributed by atoms with van der Waals surface area (Å²) in [4.78, 5) is 32.1. The third-order valence-electron chi connectivity index (χ3n) is 6.83. The van der Waals surface area contributed by atoms with E-state index in [2.05, 4.69) is 11.9 Å². The molecule has 1 aliphatic rings. The van der Waals surface area contributed by atoms with Gasteiger partial charge in [-0.25, -0.2) is 9.78 Å². The van der Waals surface area contributed by atoms with Crippen LogP contribution in [-0.4, -0.2) is 57.4 Å². The highest BCUT2D eigenvalue weighted by atomic mass is 19.4. The average molecular weight is 583 g/mol. The SMILES string of the molecule is CC.COCC(COC)N(C(=O)C1CCC(C)CC1)c1ccc(Oc2ncc(C)cc2C(F)(F)F)cc1C(=O)OC. The van der Waals surface area contributed by atoms with Crippen molar-refractivity contribution in [2.24, 2.45) is 11.8 Å². The average Bonchev–Trinajstić information content (AvgIpc) is 2.95.